The molecule has 0 atom stereocenters. The van der Waals surface area contributed by atoms with Crippen LogP contribution in [0.25, 0.3) is 0 Å². The smallest absolute Gasteiger partial charge is 0.0587 e. The van der Waals surface area contributed by atoms with Crippen LogP contribution in [0.15, 0.2) is 0 Å². The predicted octanol–water partition coefficient (Wildman–Crippen LogP) is -7.72. The topological polar surface area (TPSA) is 339 Å². The van der Waals surface area contributed by atoms with Crippen molar-refractivity contribution in [2.45, 2.75) is 6.92 Å². The van der Waals surface area contributed by atoms with Crippen LogP contribution in [0.5, 0.6) is 0 Å². The van der Waals surface area contributed by atoms with Crippen molar-refractivity contribution in [3.05, 3.63) is 0 Å². The summed E-state index contributed by atoms with van der Waals surface area (Å²) >= 11 is 0. The molecule has 96 valence electrons. The molecule has 0 aromatic heterocycles. The van der Waals surface area contributed by atoms with E-state index in [1.807, 2.05) is 0 Å². The first-order chi connectivity index (χ1) is 1.41. The molecule has 0 rings (SSSR count). The molecule has 0 saturated heterocycles. The first-order valence-corrected chi connectivity index (χ1v) is 0.724. The van der Waals surface area contributed by atoms with Crippen molar-refractivity contribution < 1.29 is 54.8 Å². The molecule has 20 N–H and O–H groups in total. The lowest BCUT2D eigenvalue weighted by Gasteiger charge is -1.15. The zero-order valence-electron chi connectivity index (χ0n) is 6.95. The van der Waals surface area contributed by atoms with E-state index in [0.29, 0.717) is 0 Å². The molecular weight excluding hydrogens is 198 g/mol. The Hall–Kier alpha value is -0.910. The molecule has 0 aromatic carbocycles. The fraction of sp³-hybridized carbons (Fsp3) is 0.500. The number of rotatable bonds is 0. The van der Waals surface area contributed by atoms with Crippen LogP contribution in [-0.2, 0) is 0 Å². The minimum atomic E-state index is 0. The SMILES string of the molecule is CC#N.O.O.O.O.O.O.O.O.O.O. The van der Waals surface area contributed by atoms with Crippen LogP contribution in [0.2, 0.25) is 0 Å². The van der Waals surface area contributed by atoms with E-state index in [1.54, 1.807) is 6.07 Å². The van der Waals surface area contributed by atoms with Gasteiger partial charge < -0.3 is 54.8 Å². The lowest BCUT2D eigenvalue weighted by molar-refractivity contribution is 0.823. The lowest BCUT2D eigenvalue weighted by Crippen LogP contribution is -1.10. The second-order valence-corrected chi connectivity index (χ2v) is 0.224. The standard InChI is InChI=1S/C2H3N.10H2O/c1-2-3;;;;;;;;;;/h1H3;10*1H2. The van der Waals surface area contributed by atoms with E-state index in [4.69, 9.17) is 5.26 Å². The first kappa shape index (κ1) is 1250. The summed E-state index contributed by atoms with van der Waals surface area (Å²) in [5.74, 6) is 0. The zero-order chi connectivity index (χ0) is 2.71. The second-order valence-electron chi connectivity index (χ2n) is 0.224. The third kappa shape index (κ3) is 1110. The van der Waals surface area contributed by atoms with Gasteiger partial charge in [0.2, 0.25) is 0 Å². The van der Waals surface area contributed by atoms with Gasteiger partial charge in [-0.25, -0.2) is 0 Å². The van der Waals surface area contributed by atoms with Crippen molar-refractivity contribution in [1.29, 1.82) is 5.26 Å². The Labute approximate surface area is 74.3 Å². The van der Waals surface area contributed by atoms with Gasteiger partial charge in [0.05, 0.1) is 6.07 Å². The van der Waals surface area contributed by atoms with Crippen LogP contribution in [0.1, 0.15) is 6.92 Å². The van der Waals surface area contributed by atoms with Crippen LogP contribution in [0.4, 0.5) is 0 Å². The van der Waals surface area contributed by atoms with E-state index in [9.17, 15) is 0 Å². The Morgan fingerprint density at radius 2 is 0.538 bits per heavy atom. The first-order valence-electron chi connectivity index (χ1n) is 0.724. The van der Waals surface area contributed by atoms with Crippen LogP contribution >= 0.6 is 0 Å². The maximum Gasteiger partial charge on any atom is 0.0587 e. The average molecular weight is 221 g/mol. The molecule has 0 aliphatic carbocycles. The van der Waals surface area contributed by atoms with Gasteiger partial charge >= 0.3 is 0 Å². The van der Waals surface area contributed by atoms with Crippen molar-refractivity contribution in [1.82, 2.24) is 0 Å². The van der Waals surface area contributed by atoms with Gasteiger partial charge in [0.1, 0.15) is 0 Å². The second kappa shape index (κ2) is 139000. The summed E-state index contributed by atoms with van der Waals surface area (Å²) in [4.78, 5) is 0. The molecule has 0 bridgehead atoms. The Morgan fingerprint density at radius 1 is 0.538 bits per heavy atom. The third-order valence-corrected chi connectivity index (χ3v) is 0. The van der Waals surface area contributed by atoms with Gasteiger partial charge in [-0.15, -0.1) is 0 Å². The molecule has 0 unspecified atom stereocenters. The van der Waals surface area contributed by atoms with E-state index in [-0.39, 0.29) is 54.8 Å². The summed E-state index contributed by atoms with van der Waals surface area (Å²) in [5.41, 5.74) is 0. The van der Waals surface area contributed by atoms with E-state index in [0.717, 1.165) is 0 Å². The van der Waals surface area contributed by atoms with E-state index in [2.05, 4.69) is 0 Å². The van der Waals surface area contributed by atoms with Crippen molar-refractivity contribution in [2.75, 3.05) is 0 Å². The Kier molecular flexibility index (Phi) is 13400000. The highest BCUT2D eigenvalue weighted by molar-refractivity contribution is 4.51. The van der Waals surface area contributed by atoms with E-state index in [1.165, 1.54) is 6.92 Å². The molecule has 0 aliphatic heterocycles. The highest BCUT2D eigenvalue weighted by Gasteiger charge is 1.17. The minimum absolute atomic E-state index is 0. The Bertz CT molecular complexity index is 34.4. The summed E-state index contributed by atoms with van der Waals surface area (Å²) in [6.07, 6.45) is 0. The van der Waals surface area contributed by atoms with Crippen LogP contribution in [0.3, 0.4) is 0 Å². The van der Waals surface area contributed by atoms with Gasteiger partial charge in [-0.1, -0.05) is 0 Å². The molecule has 0 heterocycles. The summed E-state index contributed by atoms with van der Waals surface area (Å²) in [6, 6.07) is 1.75. The number of nitriles is 1. The van der Waals surface area contributed by atoms with Gasteiger partial charge in [-0.3, -0.25) is 0 Å². The van der Waals surface area contributed by atoms with Crippen molar-refractivity contribution in [2.24, 2.45) is 0 Å². The Balaban J connectivity index is -0.000000000444. The van der Waals surface area contributed by atoms with Crippen LogP contribution in [-0.4, -0.2) is 54.8 Å². The van der Waals surface area contributed by atoms with Gasteiger partial charge in [0.25, 0.3) is 0 Å². The molecule has 0 amide bonds. The molecule has 0 radical (unpaired) electrons. The van der Waals surface area contributed by atoms with Crippen LogP contribution < -0.4 is 0 Å². The fourth-order valence-corrected chi connectivity index (χ4v) is 0. The largest absolute Gasteiger partial charge is 0.412 e. The van der Waals surface area contributed by atoms with E-state index >= 15 is 0 Å². The predicted molar refractivity (Wildman–Crippen MR) is 47.4 cm³/mol. The summed E-state index contributed by atoms with van der Waals surface area (Å²) in [6.45, 7) is 1.43. The number of hydrogen-bond donors (Lipinski definition) is 0. The average Bonchev–Trinajstić information content (AvgIpc) is 0.918. The van der Waals surface area contributed by atoms with Crippen molar-refractivity contribution in [3.8, 4) is 6.07 Å². The minimum Gasteiger partial charge on any atom is -0.412 e. The monoisotopic (exact) mass is 221 g/mol. The van der Waals surface area contributed by atoms with Gasteiger partial charge in [0, 0.05) is 6.92 Å². The van der Waals surface area contributed by atoms with Crippen molar-refractivity contribution in [3.63, 3.8) is 0 Å². The molecular formula is C2H23NO10. The van der Waals surface area contributed by atoms with Crippen LogP contribution in [0, 0.1) is 11.3 Å². The van der Waals surface area contributed by atoms with Gasteiger partial charge in [-0.05, 0) is 0 Å². The zero-order valence-corrected chi connectivity index (χ0v) is 6.95. The summed E-state index contributed by atoms with van der Waals surface area (Å²) in [5, 5.41) is 7.32. The number of nitrogens with zero attached hydrogens (tertiary/aromatic N) is 1. The molecule has 11 heteroatoms. The summed E-state index contributed by atoms with van der Waals surface area (Å²) < 4.78 is 0. The molecule has 0 spiro atoms. The van der Waals surface area contributed by atoms with Gasteiger partial charge in [-0.2, -0.15) is 5.26 Å². The fourth-order valence-electron chi connectivity index (χ4n) is 0. The molecule has 0 aromatic rings. The molecule has 13 heavy (non-hydrogen) atoms. The molecule has 0 fully saturated rings. The maximum absolute atomic E-state index is 7.32. The van der Waals surface area contributed by atoms with Crippen molar-refractivity contribution >= 4 is 0 Å². The quantitative estimate of drug-likeness (QED) is 0.377. The van der Waals surface area contributed by atoms with E-state index < -0.39 is 0 Å². The Morgan fingerprint density at radius 3 is 0.538 bits per heavy atom. The number of hydrogen-bond acceptors (Lipinski definition) is 1. The highest BCUT2D eigenvalue weighted by atomic mass is 16.0. The third-order valence-electron chi connectivity index (χ3n) is 0. The lowest BCUT2D eigenvalue weighted by atomic mass is 11.0. The molecule has 0 saturated carbocycles. The normalized spacial score (nSPS) is 0.615. The van der Waals surface area contributed by atoms with Gasteiger partial charge in [0.15, 0.2) is 0 Å². The molecule has 0 aliphatic rings. The maximum atomic E-state index is 7.32. The summed E-state index contributed by atoms with van der Waals surface area (Å²) in [7, 11) is 0. The molecule has 11 nitrogen and oxygen atoms in total. The highest BCUT2D eigenvalue weighted by Crippen LogP contribution is 1.21.